The lowest BCUT2D eigenvalue weighted by atomic mass is 9.95. The topological polar surface area (TPSA) is 57.4 Å². The van der Waals surface area contributed by atoms with Crippen LogP contribution in [0.3, 0.4) is 0 Å². The number of anilines is 1. The van der Waals surface area contributed by atoms with E-state index in [2.05, 4.69) is 22.1 Å². The van der Waals surface area contributed by atoms with E-state index in [9.17, 15) is 4.79 Å². The monoisotopic (exact) mass is 329 g/mol. The summed E-state index contributed by atoms with van der Waals surface area (Å²) in [7, 11) is 0. The molecule has 0 aliphatic carbocycles. The Morgan fingerprint density at radius 1 is 1.46 bits per heavy atom. The Hall–Kier alpha value is -2.01. The van der Waals surface area contributed by atoms with E-state index in [1.54, 1.807) is 0 Å². The lowest BCUT2D eigenvalue weighted by Crippen LogP contribution is -2.35. The first-order valence-corrected chi connectivity index (χ1v) is 8.89. The fraction of sp³-hybridized carbons (Fsp3) is 0.526. The van der Waals surface area contributed by atoms with E-state index >= 15 is 0 Å². The van der Waals surface area contributed by atoms with Crippen LogP contribution in [0, 0.1) is 5.92 Å². The number of ether oxygens (including phenoxy) is 1. The van der Waals surface area contributed by atoms with Crippen molar-refractivity contribution in [3.8, 4) is 5.75 Å². The lowest BCUT2D eigenvalue weighted by molar-refractivity contribution is -0.114. The summed E-state index contributed by atoms with van der Waals surface area (Å²) >= 11 is 0. The molecule has 1 aliphatic rings. The molecule has 1 amide bonds. The number of piperidine rings is 1. The van der Waals surface area contributed by atoms with Crippen LogP contribution >= 0.6 is 0 Å². The minimum atomic E-state index is -0.0694. The van der Waals surface area contributed by atoms with Gasteiger partial charge in [0, 0.05) is 30.6 Å². The van der Waals surface area contributed by atoms with Crippen LogP contribution in [0.25, 0.3) is 10.9 Å². The molecule has 2 aromatic rings. The molecule has 1 aromatic heterocycles. The second-order valence-electron chi connectivity index (χ2n) is 6.63. The molecule has 0 bridgehead atoms. The molecular weight excluding hydrogens is 302 g/mol. The highest BCUT2D eigenvalue weighted by atomic mass is 16.5. The predicted molar refractivity (Wildman–Crippen MR) is 97.6 cm³/mol. The summed E-state index contributed by atoms with van der Waals surface area (Å²) in [5.74, 6) is 1.53. The maximum Gasteiger partial charge on any atom is 0.221 e. The van der Waals surface area contributed by atoms with Gasteiger partial charge in [-0.05, 0) is 56.5 Å². The summed E-state index contributed by atoms with van der Waals surface area (Å²) < 4.78 is 5.97. The Morgan fingerprint density at radius 2 is 2.33 bits per heavy atom. The van der Waals surface area contributed by atoms with Crippen LogP contribution in [0.5, 0.6) is 5.75 Å². The Morgan fingerprint density at radius 3 is 3.12 bits per heavy atom. The molecule has 5 heteroatoms. The number of hydrogen-bond donors (Lipinski definition) is 2. The van der Waals surface area contributed by atoms with Crippen molar-refractivity contribution in [2.75, 3.05) is 31.6 Å². The third-order valence-electron chi connectivity index (χ3n) is 4.81. The number of aromatic nitrogens is 1. The molecule has 2 N–H and O–H groups in total. The first kappa shape index (κ1) is 16.8. The van der Waals surface area contributed by atoms with Crippen molar-refractivity contribution in [3.63, 3.8) is 0 Å². The molecule has 1 atom stereocenters. The largest absolute Gasteiger partial charge is 0.494 e. The fourth-order valence-electron chi connectivity index (χ4n) is 3.50. The van der Waals surface area contributed by atoms with Gasteiger partial charge in [-0.25, -0.2) is 0 Å². The number of hydrogen-bond acceptors (Lipinski definition) is 3. The van der Waals surface area contributed by atoms with Crippen molar-refractivity contribution >= 4 is 22.5 Å². The third kappa shape index (κ3) is 4.09. The fourth-order valence-corrected chi connectivity index (χ4v) is 3.50. The molecule has 5 nitrogen and oxygen atoms in total. The number of fused-ring (bicyclic) bond motifs is 1. The molecule has 1 unspecified atom stereocenters. The van der Waals surface area contributed by atoms with Crippen LogP contribution in [-0.4, -0.2) is 42.0 Å². The number of benzene rings is 1. The van der Waals surface area contributed by atoms with Gasteiger partial charge >= 0.3 is 0 Å². The predicted octanol–water partition coefficient (Wildman–Crippen LogP) is 3.63. The Kier molecular flexibility index (Phi) is 5.41. The molecule has 1 aliphatic heterocycles. The number of amides is 1. The van der Waals surface area contributed by atoms with Gasteiger partial charge in [-0.15, -0.1) is 0 Å². The number of likely N-dealkylation sites (tertiary alicyclic amines) is 1. The summed E-state index contributed by atoms with van der Waals surface area (Å²) in [4.78, 5) is 17.0. The van der Waals surface area contributed by atoms with Crippen molar-refractivity contribution in [2.45, 2.75) is 33.1 Å². The second-order valence-corrected chi connectivity index (χ2v) is 6.63. The number of carbonyl (C=O) groups is 1. The molecule has 2 heterocycles. The van der Waals surface area contributed by atoms with Gasteiger partial charge < -0.3 is 19.9 Å². The third-order valence-corrected chi connectivity index (χ3v) is 4.81. The smallest absolute Gasteiger partial charge is 0.221 e. The zero-order chi connectivity index (χ0) is 16.9. The molecule has 0 radical (unpaired) electrons. The zero-order valence-electron chi connectivity index (χ0n) is 14.6. The highest BCUT2D eigenvalue weighted by Gasteiger charge is 2.18. The summed E-state index contributed by atoms with van der Waals surface area (Å²) in [5.41, 5.74) is 1.80. The van der Waals surface area contributed by atoms with Crippen LogP contribution in [0.2, 0.25) is 0 Å². The standard InChI is InChI=1S/C19H27N3O2/c1-3-22-9-4-5-15(13-22)8-10-24-16-6-7-18-17(11-16)19(12-20-18)21-14(2)23/h6-7,11-12,15,20H,3-5,8-10,13H2,1-2H3,(H,21,23). The van der Waals surface area contributed by atoms with Gasteiger partial charge in [0.05, 0.1) is 12.3 Å². The van der Waals surface area contributed by atoms with Crippen LogP contribution < -0.4 is 10.1 Å². The second kappa shape index (κ2) is 7.71. The van der Waals surface area contributed by atoms with Crippen molar-refractivity contribution in [2.24, 2.45) is 5.92 Å². The quantitative estimate of drug-likeness (QED) is 0.851. The van der Waals surface area contributed by atoms with Gasteiger partial charge in [-0.2, -0.15) is 0 Å². The molecule has 1 aromatic carbocycles. The Bertz CT molecular complexity index is 695. The zero-order valence-corrected chi connectivity index (χ0v) is 14.6. The van der Waals surface area contributed by atoms with Gasteiger partial charge in [0.15, 0.2) is 0 Å². The van der Waals surface area contributed by atoms with Crippen LogP contribution in [0.4, 0.5) is 5.69 Å². The summed E-state index contributed by atoms with van der Waals surface area (Å²) in [6.07, 6.45) is 5.52. The SMILES string of the molecule is CCN1CCCC(CCOc2ccc3[nH]cc(NC(C)=O)c3c2)C1. The maximum atomic E-state index is 11.3. The highest BCUT2D eigenvalue weighted by molar-refractivity contribution is 6.01. The van der Waals surface area contributed by atoms with Gasteiger partial charge in [0.2, 0.25) is 5.91 Å². The average Bonchev–Trinajstić information content (AvgIpc) is 2.97. The molecule has 3 rings (SSSR count). The highest BCUT2D eigenvalue weighted by Crippen LogP contribution is 2.28. The van der Waals surface area contributed by atoms with E-state index in [0.29, 0.717) is 0 Å². The van der Waals surface area contributed by atoms with Crippen molar-refractivity contribution in [3.05, 3.63) is 24.4 Å². The van der Waals surface area contributed by atoms with E-state index < -0.39 is 0 Å². The molecule has 1 saturated heterocycles. The van der Waals surface area contributed by atoms with Crippen molar-refractivity contribution in [1.82, 2.24) is 9.88 Å². The molecule has 0 saturated carbocycles. The summed E-state index contributed by atoms with van der Waals surface area (Å²) in [5, 5.41) is 3.83. The number of nitrogens with one attached hydrogen (secondary N) is 2. The summed E-state index contributed by atoms with van der Waals surface area (Å²) in [6, 6.07) is 5.97. The summed E-state index contributed by atoms with van der Waals surface area (Å²) in [6.45, 7) is 8.08. The van der Waals surface area contributed by atoms with Crippen molar-refractivity contribution < 1.29 is 9.53 Å². The molecule has 24 heavy (non-hydrogen) atoms. The Labute approximate surface area is 143 Å². The molecule has 130 valence electrons. The van der Waals surface area contributed by atoms with Gasteiger partial charge in [-0.3, -0.25) is 4.79 Å². The molecular formula is C19H27N3O2. The number of H-pyrrole nitrogens is 1. The van der Waals surface area contributed by atoms with Crippen LogP contribution in [0.15, 0.2) is 24.4 Å². The van der Waals surface area contributed by atoms with Crippen LogP contribution in [0.1, 0.15) is 33.1 Å². The normalized spacial score (nSPS) is 18.7. The van der Waals surface area contributed by atoms with E-state index in [1.807, 2.05) is 24.4 Å². The van der Waals surface area contributed by atoms with E-state index in [-0.39, 0.29) is 5.91 Å². The van der Waals surface area contributed by atoms with E-state index in [4.69, 9.17) is 4.74 Å². The van der Waals surface area contributed by atoms with Gasteiger partial charge in [0.25, 0.3) is 0 Å². The minimum absolute atomic E-state index is 0.0694. The lowest BCUT2D eigenvalue weighted by Gasteiger charge is -2.31. The first-order chi connectivity index (χ1) is 11.7. The maximum absolute atomic E-state index is 11.3. The minimum Gasteiger partial charge on any atom is -0.494 e. The van der Waals surface area contributed by atoms with Crippen LogP contribution in [-0.2, 0) is 4.79 Å². The first-order valence-electron chi connectivity index (χ1n) is 8.89. The van der Waals surface area contributed by atoms with Crippen molar-refractivity contribution in [1.29, 1.82) is 0 Å². The number of rotatable bonds is 6. The van der Waals surface area contributed by atoms with E-state index in [0.717, 1.165) is 47.8 Å². The van der Waals surface area contributed by atoms with Gasteiger partial charge in [0.1, 0.15) is 5.75 Å². The Balaban J connectivity index is 1.58. The number of nitrogens with zero attached hydrogens (tertiary/aromatic N) is 1. The average molecular weight is 329 g/mol. The number of aromatic amines is 1. The van der Waals surface area contributed by atoms with Gasteiger partial charge in [-0.1, -0.05) is 6.92 Å². The molecule has 0 spiro atoms. The number of carbonyl (C=O) groups excluding carboxylic acids is 1. The van der Waals surface area contributed by atoms with E-state index in [1.165, 1.54) is 32.9 Å². The molecule has 1 fully saturated rings.